The molecule has 9 nitrogen and oxygen atoms in total. The quantitative estimate of drug-likeness (QED) is 0.479. The van der Waals surface area contributed by atoms with Gasteiger partial charge in [-0.2, -0.15) is 0 Å². The van der Waals surface area contributed by atoms with Crippen LogP contribution in [0.2, 0.25) is 0 Å². The van der Waals surface area contributed by atoms with Crippen molar-refractivity contribution < 1.29 is 24.0 Å². The minimum atomic E-state index is -0.639. The Morgan fingerprint density at radius 1 is 1.06 bits per heavy atom. The van der Waals surface area contributed by atoms with E-state index in [1.54, 1.807) is 45.0 Å². The summed E-state index contributed by atoms with van der Waals surface area (Å²) in [4.78, 5) is 35.0. The SMILES string of the molecule is CCOc1ccc(CC(=O)Nc2cc(CNC(=O)OC(C)(C)C)ccc2[N+](=O)[O-])cc1. The van der Waals surface area contributed by atoms with Crippen molar-refractivity contribution in [1.82, 2.24) is 5.32 Å². The maximum atomic E-state index is 12.4. The smallest absolute Gasteiger partial charge is 0.407 e. The average Bonchev–Trinajstić information content (AvgIpc) is 2.66. The number of benzene rings is 2. The van der Waals surface area contributed by atoms with Gasteiger partial charge in [0.05, 0.1) is 18.0 Å². The first-order valence-electron chi connectivity index (χ1n) is 9.83. The summed E-state index contributed by atoms with van der Waals surface area (Å²) in [5.74, 6) is 0.303. The third kappa shape index (κ3) is 7.96. The van der Waals surface area contributed by atoms with Crippen molar-refractivity contribution >= 4 is 23.4 Å². The first kappa shape index (κ1) is 23.7. The largest absolute Gasteiger partial charge is 0.494 e. The number of nitrogens with one attached hydrogen (secondary N) is 2. The van der Waals surface area contributed by atoms with Gasteiger partial charge in [0.15, 0.2) is 0 Å². The molecule has 0 fully saturated rings. The van der Waals surface area contributed by atoms with Crippen LogP contribution in [0.4, 0.5) is 16.2 Å². The monoisotopic (exact) mass is 429 g/mol. The zero-order chi connectivity index (χ0) is 23.0. The maximum Gasteiger partial charge on any atom is 0.407 e. The molecule has 0 spiro atoms. The van der Waals surface area contributed by atoms with E-state index in [1.165, 1.54) is 18.2 Å². The normalized spacial score (nSPS) is 10.8. The number of alkyl carbamates (subject to hydrolysis) is 1. The van der Waals surface area contributed by atoms with Gasteiger partial charge in [-0.25, -0.2) is 4.79 Å². The second kappa shape index (κ2) is 10.4. The number of ether oxygens (including phenoxy) is 2. The molecule has 0 aromatic heterocycles. The molecule has 31 heavy (non-hydrogen) atoms. The van der Waals surface area contributed by atoms with Crippen LogP contribution in [0.1, 0.15) is 38.8 Å². The summed E-state index contributed by atoms with van der Waals surface area (Å²) >= 11 is 0. The molecule has 2 N–H and O–H groups in total. The number of nitro benzene ring substituents is 1. The van der Waals surface area contributed by atoms with E-state index in [2.05, 4.69) is 10.6 Å². The van der Waals surface area contributed by atoms with E-state index in [0.29, 0.717) is 17.9 Å². The Bertz CT molecular complexity index is 935. The molecule has 0 unspecified atom stereocenters. The minimum absolute atomic E-state index is 0.0456. The molecule has 0 radical (unpaired) electrons. The number of nitro groups is 1. The third-order valence-electron chi connectivity index (χ3n) is 3.97. The topological polar surface area (TPSA) is 120 Å². The van der Waals surface area contributed by atoms with Gasteiger partial charge < -0.3 is 20.1 Å². The molecule has 2 aromatic carbocycles. The van der Waals surface area contributed by atoms with Crippen molar-refractivity contribution in [2.24, 2.45) is 0 Å². The molecule has 0 aliphatic carbocycles. The molecule has 0 saturated carbocycles. The molecule has 0 aliphatic heterocycles. The Morgan fingerprint density at radius 2 is 1.71 bits per heavy atom. The maximum absolute atomic E-state index is 12.4. The predicted molar refractivity (Wildman–Crippen MR) is 116 cm³/mol. The lowest BCUT2D eigenvalue weighted by molar-refractivity contribution is -0.383. The summed E-state index contributed by atoms with van der Waals surface area (Å²) in [6, 6.07) is 11.3. The van der Waals surface area contributed by atoms with Gasteiger partial charge in [0.1, 0.15) is 17.0 Å². The van der Waals surface area contributed by atoms with E-state index in [0.717, 1.165) is 5.56 Å². The van der Waals surface area contributed by atoms with E-state index in [-0.39, 0.29) is 24.3 Å². The summed E-state index contributed by atoms with van der Waals surface area (Å²) in [6.45, 7) is 7.76. The van der Waals surface area contributed by atoms with Gasteiger partial charge in [0.2, 0.25) is 5.91 Å². The molecular formula is C22H27N3O6. The van der Waals surface area contributed by atoms with Crippen LogP contribution in [0.25, 0.3) is 0 Å². The van der Waals surface area contributed by atoms with E-state index >= 15 is 0 Å². The van der Waals surface area contributed by atoms with Crippen molar-refractivity contribution in [2.75, 3.05) is 11.9 Å². The summed E-state index contributed by atoms with van der Waals surface area (Å²) in [6.07, 6.45) is -0.559. The minimum Gasteiger partial charge on any atom is -0.494 e. The second-order valence-electron chi connectivity index (χ2n) is 7.77. The highest BCUT2D eigenvalue weighted by molar-refractivity contribution is 5.94. The standard InChI is InChI=1S/C22H27N3O6/c1-5-30-17-9-6-15(7-10-17)13-20(26)24-18-12-16(8-11-19(18)25(28)29)14-23-21(27)31-22(2,3)4/h6-12H,5,13-14H2,1-4H3,(H,23,27)(H,24,26). The van der Waals surface area contributed by atoms with E-state index < -0.39 is 22.5 Å². The number of amides is 2. The van der Waals surface area contributed by atoms with Crippen LogP contribution in [0, 0.1) is 10.1 Å². The van der Waals surface area contributed by atoms with Crippen LogP contribution < -0.4 is 15.4 Å². The Morgan fingerprint density at radius 3 is 2.29 bits per heavy atom. The number of anilines is 1. The lowest BCUT2D eigenvalue weighted by Crippen LogP contribution is -2.32. The fourth-order valence-electron chi connectivity index (χ4n) is 2.69. The number of nitrogens with zero attached hydrogens (tertiary/aromatic N) is 1. The van der Waals surface area contributed by atoms with Gasteiger partial charge in [-0.15, -0.1) is 0 Å². The van der Waals surface area contributed by atoms with Crippen molar-refractivity contribution in [3.63, 3.8) is 0 Å². The summed E-state index contributed by atoms with van der Waals surface area (Å²) in [7, 11) is 0. The molecular weight excluding hydrogens is 402 g/mol. The van der Waals surface area contributed by atoms with Gasteiger partial charge in [-0.3, -0.25) is 14.9 Å². The Kier molecular flexibility index (Phi) is 7.95. The Labute approximate surface area is 180 Å². The highest BCUT2D eigenvalue weighted by Crippen LogP contribution is 2.26. The Balaban J connectivity index is 2.07. The highest BCUT2D eigenvalue weighted by Gasteiger charge is 2.19. The molecule has 0 atom stereocenters. The first-order chi connectivity index (χ1) is 14.6. The lowest BCUT2D eigenvalue weighted by atomic mass is 10.1. The predicted octanol–water partition coefficient (Wildman–Crippen LogP) is 4.20. The first-order valence-corrected chi connectivity index (χ1v) is 9.83. The van der Waals surface area contributed by atoms with Gasteiger partial charge in [-0.05, 0) is 57.0 Å². The van der Waals surface area contributed by atoms with Crippen molar-refractivity contribution in [3.8, 4) is 5.75 Å². The number of hydrogen-bond donors (Lipinski definition) is 2. The van der Waals surface area contributed by atoms with Crippen molar-refractivity contribution in [3.05, 3.63) is 63.7 Å². The van der Waals surface area contributed by atoms with Gasteiger partial charge in [-0.1, -0.05) is 18.2 Å². The highest BCUT2D eigenvalue weighted by atomic mass is 16.6. The lowest BCUT2D eigenvalue weighted by Gasteiger charge is -2.19. The molecule has 0 heterocycles. The summed E-state index contributed by atoms with van der Waals surface area (Å²) in [5.41, 5.74) is 0.504. The van der Waals surface area contributed by atoms with Gasteiger partial charge >= 0.3 is 6.09 Å². The second-order valence-corrected chi connectivity index (χ2v) is 7.77. The molecule has 2 rings (SSSR count). The fraction of sp³-hybridized carbons (Fsp3) is 0.364. The molecule has 9 heteroatoms. The zero-order valence-electron chi connectivity index (χ0n) is 18.1. The Hall–Kier alpha value is -3.62. The van der Waals surface area contributed by atoms with Crippen LogP contribution in [-0.2, 0) is 22.5 Å². The van der Waals surface area contributed by atoms with E-state index in [9.17, 15) is 19.7 Å². The third-order valence-corrected chi connectivity index (χ3v) is 3.97. The van der Waals surface area contributed by atoms with Crippen LogP contribution in [0.5, 0.6) is 5.75 Å². The fourth-order valence-corrected chi connectivity index (χ4v) is 2.69. The molecule has 0 bridgehead atoms. The summed E-state index contributed by atoms with van der Waals surface area (Å²) < 4.78 is 10.5. The molecule has 0 saturated heterocycles. The summed E-state index contributed by atoms with van der Waals surface area (Å²) in [5, 5.41) is 16.5. The van der Waals surface area contributed by atoms with Crippen LogP contribution in [0.3, 0.4) is 0 Å². The number of hydrogen-bond acceptors (Lipinski definition) is 6. The average molecular weight is 429 g/mol. The van der Waals surface area contributed by atoms with Crippen LogP contribution in [-0.4, -0.2) is 29.1 Å². The van der Waals surface area contributed by atoms with E-state index in [1.807, 2.05) is 6.92 Å². The van der Waals surface area contributed by atoms with Gasteiger partial charge in [0, 0.05) is 12.6 Å². The number of carbonyl (C=O) groups is 2. The molecule has 0 aliphatic rings. The van der Waals surface area contributed by atoms with Crippen molar-refractivity contribution in [2.45, 2.75) is 46.3 Å². The molecule has 2 amide bonds. The molecule has 2 aromatic rings. The van der Waals surface area contributed by atoms with Crippen LogP contribution >= 0.6 is 0 Å². The molecule has 166 valence electrons. The zero-order valence-corrected chi connectivity index (χ0v) is 18.1. The number of rotatable bonds is 8. The van der Waals surface area contributed by atoms with Gasteiger partial charge in [0.25, 0.3) is 5.69 Å². The van der Waals surface area contributed by atoms with Crippen molar-refractivity contribution in [1.29, 1.82) is 0 Å². The number of carbonyl (C=O) groups excluding carboxylic acids is 2. The van der Waals surface area contributed by atoms with Crippen LogP contribution in [0.15, 0.2) is 42.5 Å². The van der Waals surface area contributed by atoms with E-state index in [4.69, 9.17) is 9.47 Å².